The maximum atomic E-state index is 10.4. The molecule has 2 aliphatic rings. The Morgan fingerprint density at radius 1 is 1.31 bits per heavy atom. The van der Waals surface area contributed by atoms with Gasteiger partial charge >= 0.3 is 0 Å². The maximum Gasteiger partial charge on any atom is 0.0817 e. The van der Waals surface area contributed by atoms with Crippen molar-refractivity contribution in [3.63, 3.8) is 0 Å². The van der Waals surface area contributed by atoms with Gasteiger partial charge in [0.15, 0.2) is 0 Å². The largest absolute Gasteiger partial charge is 0.391 e. The van der Waals surface area contributed by atoms with E-state index in [4.69, 9.17) is 4.74 Å². The Morgan fingerprint density at radius 2 is 2.00 bits per heavy atom. The van der Waals surface area contributed by atoms with E-state index in [-0.39, 0.29) is 12.1 Å². The van der Waals surface area contributed by atoms with E-state index in [0.29, 0.717) is 32.6 Å². The third-order valence-electron chi connectivity index (χ3n) is 3.98. The summed E-state index contributed by atoms with van der Waals surface area (Å²) in [6.45, 7) is 1.95. The average Bonchev–Trinajstić information content (AvgIpc) is 2.65. The van der Waals surface area contributed by atoms with Crippen molar-refractivity contribution in [2.45, 2.75) is 49.9 Å². The van der Waals surface area contributed by atoms with Gasteiger partial charge in [-0.1, -0.05) is 0 Å². The zero-order valence-corrected chi connectivity index (χ0v) is 10.1. The van der Waals surface area contributed by atoms with Gasteiger partial charge < -0.3 is 14.9 Å². The Bertz CT molecular complexity index is 228. The van der Waals surface area contributed by atoms with E-state index >= 15 is 0 Å². The van der Waals surface area contributed by atoms with Crippen molar-refractivity contribution in [1.29, 1.82) is 0 Å². The van der Waals surface area contributed by atoms with E-state index in [1.165, 1.54) is 0 Å². The summed E-state index contributed by atoms with van der Waals surface area (Å²) in [5.74, 6) is 0. The number of likely N-dealkylation sites (N-methyl/N-ethyl adjacent to an activating group) is 1. The van der Waals surface area contributed by atoms with E-state index in [9.17, 15) is 10.2 Å². The van der Waals surface area contributed by atoms with Crippen LogP contribution in [-0.2, 0) is 4.74 Å². The summed E-state index contributed by atoms with van der Waals surface area (Å²) in [6, 6.07) is 0.229. The number of nitrogens with zero attached hydrogens (tertiary/aromatic N) is 1. The lowest BCUT2D eigenvalue weighted by Crippen LogP contribution is -2.50. The molecule has 0 unspecified atom stereocenters. The summed E-state index contributed by atoms with van der Waals surface area (Å²) in [5.41, 5.74) is -0.616. The molecule has 0 aromatic carbocycles. The molecule has 0 amide bonds. The molecule has 0 aromatic heterocycles. The van der Waals surface area contributed by atoms with Crippen molar-refractivity contribution < 1.29 is 14.9 Å². The lowest BCUT2D eigenvalue weighted by molar-refractivity contribution is -0.0857. The summed E-state index contributed by atoms with van der Waals surface area (Å²) < 4.78 is 5.27. The maximum absolute atomic E-state index is 10.4. The molecule has 16 heavy (non-hydrogen) atoms. The molecule has 1 saturated heterocycles. The number of ether oxygens (including phenoxy) is 1. The van der Waals surface area contributed by atoms with Crippen molar-refractivity contribution in [2.24, 2.45) is 0 Å². The van der Waals surface area contributed by atoms with Gasteiger partial charge in [-0.3, -0.25) is 4.90 Å². The predicted molar refractivity (Wildman–Crippen MR) is 61.3 cm³/mol. The van der Waals surface area contributed by atoms with Crippen LogP contribution < -0.4 is 0 Å². The zero-order chi connectivity index (χ0) is 11.6. The highest BCUT2D eigenvalue weighted by molar-refractivity contribution is 4.90. The molecule has 0 aromatic rings. The highest BCUT2D eigenvalue weighted by Crippen LogP contribution is 2.27. The average molecular weight is 229 g/mol. The number of aliphatic hydroxyl groups is 2. The molecule has 1 saturated carbocycles. The number of hydrogen-bond acceptors (Lipinski definition) is 4. The van der Waals surface area contributed by atoms with Crippen LogP contribution in [0, 0.1) is 0 Å². The first kappa shape index (κ1) is 12.3. The summed E-state index contributed by atoms with van der Waals surface area (Å²) in [6.07, 6.45) is 4.24. The number of aliphatic hydroxyl groups excluding tert-OH is 1. The first-order valence-corrected chi connectivity index (χ1v) is 6.29. The number of hydrogen-bond donors (Lipinski definition) is 2. The van der Waals surface area contributed by atoms with Crippen molar-refractivity contribution in [3.8, 4) is 0 Å². The fourth-order valence-electron chi connectivity index (χ4n) is 2.93. The van der Waals surface area contributed by atoms with Gasteiger partial charge in [-0.05, 0) is 26.3 Å². The van der Waals surface area contributed by atoms with Crippen molar-refractivity contribution in [2.75, 3.05) is 26.8 Å². The molecule has 2 fully saturated rings. The predicted octanol–water partition coefficient (Wildman–Crippen LogP) is 0.373. The molecule has 0 spiro atoms. The molecule has 2 rings (SSSR count). The van der Waals surface area contributed by atoms with Crippen molar-refractivity contribution in [3.05, 3.63) is 0 Å². The molecule has 1 aliphatic carbocycles. The van der Waals surface area contributed by atoms with Gasteiger partial charge in [-0.2, -0.15) is 0 Å². The Kier molecular flexibility index (Phi) is 3.85. The summed E-state index contributed by atoms with van der Waals surface area (Å²) in [7, 11) is 2.01. The van der Waals surface area contributed by atoms with E-state index in [0.717, 1.165) is 19.3 Å². The third kappa shape index (κ3) is 2.74. The second kappa shape index (κ2) is 5.00. The highest BCUT2D eigenvalue weighted by atomic mass is 16.5. The van der Waals surface area contributed by atoms with E-state index in [1.807, 2.05) is 7.05 Å². The van der Waals surface area contributed by atoms with Crippen LogP contribution >= 0.6 is 0 Å². The lowest BCUT2D eigenvalue weighted by atomic mass is 9.93. The normalized spacial score (nSPS) is 34.5. The molecule has 0 radical (unpaired) electrons. The molecule has 2 atom stereocenters. The SMILES string of the molecule is CN(CC1(O)CCOCC1)[C@H]1CCC[C@@H]1O. The molecular weight excluding hydrogens is 206 g/mol. The third-order valence-corrected chi connectivity index (χ3v) is 3.98. The smallest absolute Gasteiger partial charge is 0.0817 e. The second-order valence-corrected chi connectivity index (χ2v) is 5.32. The Labute approximate surface area is 97.2 Å². The molecule has 4 nitrogen and oxygen atoms in total. The fraction of sp³-hybridized carbons (Fsp3) is 1.00. The minimum Gasteiger partial charge on any atom is -0.391 e. The van der Waals surface area contributed by atoms with E-state index in [1.54, 1.807) is 0 Å². The van der Waals surface area contributed by atoms with Crippen molar-refractivity contribution in [1.82, 2.24) is 4.90 Å². The van der Waals surface area contributed by atoms with Crippen LogP contribution in [-0.4, -0.2) is 59.7 Å². The molecule has 2 N–H and O–H groups in total. The zero-order valence-electron chi connectivity index (χ0n) is 10.1. The van der Waals surface area contributed by atoms with Crippen LogP contribution in [0.2, 0.25) is 0 Å². The van der Waals surface area contributed by atoms with Crippen LogP contribution in [0.5, 0.6) is 0 Å². The quantitative estimate of drug-likeness (QED) is 0.734. The second-order valence-electron chi connectivity index (χ2n) is 5.32. The van der Waals surface area contributed by atoms with Crippen LogP contribution in [0.15, 0.2) is 0 Å². The monoisotopic (exact) mass is 229 g/mol. The highest BCUT2D eigenvalue weighted by Gasteiger charge is 2.36. The molecule has 0 bridgehead atoms. The molecular formula is C12H23NO3. The van der Waals surface area contributed by atoms with Gasteiger partial charge in [0.25, 0.3) is 0 Å². The molecule has 94 valence electrons. The minimum atomic E-state index is -0.616. The molecule has 4 heteroatoms. The van der Waals surface area contributed by atoms with Crippen molar-refractivity contribution >= 4 is 0 Å². The van der Waals surface area contributed by atoms with Crippen LogP contribution in [0.4, 0.5) is 0 Å². The van der Waals surface area contributed by atoms with Gasteiger partial charge in [-0.15, -0.1) is 0 Å². The fourth-order valence-corrected chi connectivity index (χ4v) is 2.93. The Balaban J connectivity index is 1.87. The van der Waals surface area contributed by atoms with Gasteiger partial charge in [0.2, 0.25) is 0 Å². The first-order chi connectivity index (χ1) is 7.61. The van der Waals surface area contributed by atoms with Gasteiger partial charge in [0.05, 0.1) is 11.7 Å². The number of rotatable bonds is 3. The Morgan fingerprint density at radius 3 is 2.56 bits per heavy atom. The minimum absolute atomic E-state index is 0.214. The summed E-state index contributed by atoms with van der Waals surface area (Å²) in [5, 5.41) is 20.2. The van der Waals surface area contributed by atoms with Gasteiger partial charge in [-0.25, -0.2) is 0 Å². The standard InChI is InChI=1S/C12H23NO3/c1-13(10-3-2-4-11(10)14)9-12(15)5-7-16-8-6-12/h10-11,14-15H,2-9H2,1H3/t10-,11-/m0/s1. The van der Waals surface area contributed by atoms with Crippen LogP contribution in [0.25, 0.3) is 0 Å². The lowest BCUT2D eigenvalue weighted by Gasteiger charge is -2.38. The van der Waals surface area contributed by atoms with Gasteiger partial charge in [0, 0.05) is 38.6 Å². The first-order valence-electron chi connectivity index (χ1n) is 6.29. The summed E-state index contributed by atoms with van der Waals surface area (Å²) in [4.78, 5) is 2.13. The van der Waals surface area contributed by atoms with E-state index in [2.05, 4.69) is 4.90 Å². The molecule has 1 aliphatic heterocycles. The summed E-state index contributed by atoms with van der Waals surface area (Å²) >= 11 is 0. The van der Waals surface area contributed by atoms with Crippen LogP contribution in [0.3, 0.4) is 0 Å². The van der Waals surface area contributed by atoms with Gasteiger partial charge in [0.1, 0.15) is 0 Å². The Hall–Kier alpha value is -0.160. The van der Waals surface area contributed by atoms with Crippen LogP contribution in [0.1, 0.15) is 32.1 Å². The topological polar surface area (TPSA) is 52.9 Å². The van der Waals surface area contributed by atoms with E-state index < -0.39 is 5.60 Å². The molecule has 1 heterocycles.